The zero-order chi connectivity index (χ0) is 19.4. The van der Waals surface area contributed by atoms with E-state index >= 15 is 0 Å². The van der Waals surface area contributed by atoms with Crippen LogP contribution >= 0.6 is 0 Å². The minimum absolute atomic E-state index is 0.159. The molecule has 1 saturated heterocycles. The number of alkyl halides is 5. The third-order valence-electron chi connectivity index (χ3n) is 4.02. The van der Waals surface area contributed by atoms with Crippen LogP contribution in [0.25, 0.3) is 0 Å². The summed E-state index contributed by atoms with van der Waals surface area (Å²) >= 11 is 0. The number of hydrazine groups is 1. The fourth-order valence-corrected chi connectivity index (χ4v) is 2.70. The van der Waals surface area contributed by atoms with E-state index in [2.05, 4.69) is 4.98 Å². The SMILES string of the molecule is CC1=CC(=O)N(N(C)c2ccc(C(F)(F)F)c(N3CC(F)(F)C3)n2)C1=O. The summed E-state index contributed by atoms with van der Waals surface area (Å²) in [6.07, 6.45) is -3.71. The van der Waals surface area contributed by atoms with Gasteiger partial charge >= 0.3 is 6.18 Å². The third kappa shape index (κ3) is 2.97. The van der Waals surface area contributed by atoms with Crippen molar-refractivity contribution in [2.75, 3.05) is 30.0 Å². The van der Waals surface area contributed by atoms with E-state index in [1.54, 1.807) is 0 Å². The Morgan fingerprint density at radius 2 is 1.81 bits per heavy atom. The quantitative estimate of drug-likeness (QED) is 0.598. The molecule has 0 radical (unpaired) electrons. The summed E-state index contributed by atoms with van der Waals surface area (Å²) in [4.78, 5) is 28.5. The van der Waals surface area contributed by atoms with Crippen molar-refractivity contribution < 1.29 is 31.5 Å². The van der Waals surface area contributed by atoms with Crippen molar-refractivity contribution in [3.8, 4) is 0 Å². The molecule has 2 aliphatic heterocycles. The number of halogens is 5. The van der Waals surface area contributed by atoms with Gasteiger partial charge in [-0.3, -0.25) is 14.6 Å². The molecule has 1 aromatic rings. The fourth-order valence-electron chi connectivity index (χ4n) is 2.70. The second kappa shape index (κ2) is 5.64. The maximum atomic E-state index is 13.2. The zero-order valence-corrected chi connectivity index (χ0v) is 13.6. The number of hydrogen-bond acceptors (Lipinski definition) is 5. The summed E-state index contributed by atoms with van der Waals surface area (Å²) in [6, 6.07) is 1.66. The van der Waals surface area contributed by atoms with Crippen LogP contribution in [0.2, 0.25) is 0 Å². The van der Waals surface area contributed by atoms with E-state index < -0.39 is 48.4 Å². The van der Waals surface area contributed by atoms with E-state index in [1.807, 2.05) is 0 Å². The lowest BCUT2D eigenvalue weighted by molar-refractivity contribution is -0.139. The van der Waals surface area contributed by atoms with Crippen molar-refractivity contribution in [1.82, 2.24) is 9.99 Å². The van der Waals surface area contributed by atoms with E-state index in [0.29, 0.717) is 11.1 Å². The summed E-state index contributed by atoms with van der Waals surface area (Å²) in [5, 5.41) is 1.69. The lowest BCUT2D eigenvalue weighted by atomic mass is 10.1. The minimum Gasteiger partial charge on any atom is -0.344 e. The van der Waals surface area contributed by atoms with Gasteiger partial charge in [-0.1, -0.05) is 0 Å². The first kappa shape index (κ1) is 18.1. The van der Waals surface area contributed by atoms with Gasteiger partial charge in [0.1, 0.15) is 11.6 Å². The maximum Gasteiger partial charge on any atom is 0.419 e. The van der Waals surface area contributed by atoms with Gasteiger partial charge in [0.15, 0.2) is 0 Å². The van der Waals surface area contributed by atoms with Gasteiger partial charge in [-0.05, 0) is 19.1 Å². The van der Waals surface area contributed by atoms with Crippen molar-refractivity contribution in [3.05, 3.63) is 29.3 Å². The topological polar surface area (TPSA) is 56.8 Å². The Bertz CT molecular complexity index is 813. The number of hydrogen-bond donors (Lipinski definition) is 0. The standard InChI is InChI=1S/C15H13F5N4O2/c1-8-5-11(25)24(13(8)26)22(2)10-4-3-9(15(18,19)20)12(21-10)23-6-14(16,17)7-23/h3-5H,6-7H2,1-2H3. The summed E-state index contributed by atoms with van der Waals surface area (Å²) in [5.41, 5.74) is -1.00. The van der Waals surface area contributed by atoms with Crippen LogP contribution in [0.5, 0.6) is 0 Å². The average Bonchev–Trinajstić information content (AvgIpc) is 2.75. The molecule has 0 unspecified atom stereocenters. The number of anilines is 2. The summed E-state index contributed by atoms with van der Waals surface area (Å²) in [5.74, 6) is -5.23. The highest BCUT2D eigenvalue weighted by atomic mass is 19.4. The Kier molecular flexibility index (Phi) is 3.93. The summed E-state index contributed by atoms with van der Waals surface area (Å²) in [6.45, 7) is -0.362. The van der Waals surface area contributed by atoms with Crippen LogP contribution in [0.4, 0.5) is 33.6 Å². The second-order valence-corrected chi connectivity index (χ2v) is 6.06. The fraction of sp³-hybridized carbons (Fsp3) is 0.400. The van der Waals surface area contributed by atoms with Crippen LogP contribution in [0.3, 0.4) is 0 Å². The predicted molar refractivity (Wildman–Crippen MR) is 80.4 cm³/mol. The molecule has 0 N–H and O–H groups in total. The number of nitrogens with zero attached hydrogens (tertiary/aromatic N) is 4. The van der Waals surface area contributed by atoms with E-state index in [4.69, 9.17) is 0 Å². The van der Waals surface area contributed by atoms with Gasteiger partial charge in [-0.25, -0.2) is 13.8 Å². The molecule has 6 nitrogen and oxygen atoms in total. The summed E-state index contributed by atoms with van der Waals surface area (Å²) < 4.78 is 65.7. The Labute approximate surface area is 144 Å². The number of carbonyl (C=O) groups is 2. The number of aromatic nitrogens is 1. The summed E-state index contributed by atoms with van der Waals surface area (Å²) in [7, 11) is 1.27. The molecule has 1 fully saturated rings. The van der Waals surface area contributed by atoms with Gasteiger partial charge in [0.2, 0.25) is 0 Å². The molecular formula is C15H13F5N4O2. The maximum absolute atomic E-state index is 13.2. The van der Waals surface area contributed by atoms with E-state index in [1.165, 1.54) is 14.0 Å². The Morgan fingerprint density at radius 3 is 2.27 bits per heavy atom. The van der Waals surface area contributed by atoms with Crippen LogP contribution in [-0.4, -0.2) is 47.9 Å². The van der Waals surface area contributed by atoms with Gasteiger partial charge in [0, 0.05) is 18.7 Å². The smallest absolute Gasteiger partial charge is 0.344 e. The molecule has 1 aromatic heterocycles. The van der Waals surface area contributed by atoms with Crippen molar-refractivity contribution >= 4 is 23.5 Å². The first-order chi connectivity index (χ1) is 11.9. The molecule has 2 aliphatic rings. The molecule has 0 aromatic carbocycles. The van der Waals surface area contributed by atoms with Gasteiger partial charge in [0.25, 0.3) is 17.7 Å². The molecule has 26 heavy (non-hydrogen) atoms. The van der Waals surface area contributed by atoms with Crippen molar-refractivity contribution in [3.63, 3.8) is 0 Å². The monoisotopic (exact) mass is 376 g/mol. The van der Waals surface area contributed by atoms with Crippen LogP contribution in [-0.2, 0) is 15.8 Å². The predicted octanol–water partition coefficient (Wildman–Crippen LogP) is 2.22. The molecule has 3 heterocycles. The van der Waals surface area contributed by atoms with Crippen molar-refractivity contribution in [2.45, 2.75) is 19.0 Å². The number of imide groups is 1. The lowest BCUT2D eigenvalue weighted by Gasteiger charge is -2.41. The van der Waals surface area contributed by atoms with E-state index in [-0.39, 0.29) is 11.4 Å². The van der Waals surface area contributed by atoms with Crippen LogP contribution in [0, 0.1) is 0 Å². The van der Waals surface area contributed by atoms with Crippen molar-refractivity contribution in [2.24, 2.45) is 0 Å². The molecule has 0 saturated carbocycles. The van der Waals surface area contributed by atoms with Gasteiger partial charge in [0.05, 0.1) is 18.7 Å². The molecule has 0 bridgehead atoms. The molecule has 140 valence electrons. The van der Waals surface area contributed by atoms with E-state index in [0.717, 1.165) is 22.1 Å². The number of rotatable bonds is 3. The highest BCUT2D eigenvalue weighted by Crippen LogP contribution is 2.40. The molecule has 0 atom stereocenters. The first-order valence-electron chi connectivity index (χ1n) is 7.42. The Hall–Kier alpha value is -2.72. The van der Waals surface area contributed by atoms with Crippen LogP contribution in [0.15, 0.2) is 23.8 Å². The number of carbonyl (C=O) groups excluding carboxylic acids is 2. The molecule has 2 amide bonds. The molecule has 0 spiro atoms. The largest absolute Gasteiger partial charge is 0.419 e. The normalized spacial score (nSPS) is 19.6. The number of pyridine rings is 1. The van der Waals surface area contributed by atoms with Gasteiger partial charge < -0.3 is 4.90 Å². The Balaban J connectivity index is 1.97. The highest BCUT2D eigenvalue weighted by Gasteiger charge is 2.48. The minimum atomic E-state index is -4.79. The third-order valence-corrected chi connectivity index (χ3v) is 4.02. The average molecular weight is 376 g/mol. The second-order valence-electron chi connectivity index (χ2n) is 6.06. The van der Waals surface area contributed by atoms with Crippen LogP contribution in [0.1, 0.15) is 12.5 Å². The number of amides is 2. The first-order valence-corrected chi connectivity index (χ1v) is 7.42. The van der Waals surface area contributed by atoms with Gasteiger partial charge in [-0.15, -0.1) is 0 Å². The zero-order valence-electron chi connectivity index (χ0n) is 13.6. The molecule has 0 aliphatic carbocycles. The van der Waals surface area contributed by atoms with Gasteiger partial charge in [-0.2, -0.15) is 18.2 Å². The highest BCUT2D eigenvalue weighted by molar-refractivity contribution is 6.16. The Morgan fingerprint density at radius 1 is 1.19 bits per heavy atom. The lowest BCUT2D eigenvalue weighted by Crippen LogP contribution is -2.57. The molecular weight excluding hydrogens is 363 g/mol. The molecule has 3 rings (SSSR count). The molecule has 11 heteroatoms. The van der Waals surface area contributed by atoms with Crippen molar-refractivity contribution in [1.29, 1.82) is 0 Å². The van der Waals surface area contributed by atoms with Crippen LogP contribution < -0.4 is 9.91 Å². The van der Waals surface area contributed by atoms with E-state index in [9.17, 15) is 31.5 Å².